The molecule has 0 amide bonds. The Morgan fingerprint density at radius 2 is 1.67 bits per heavy atom. The van der Waals surface area contributed by atoms with E-state index in [4.69, 9.17) is 14.2 Å². The first-order chi connectivity index (χ1) is 8.79. The summed E-state index contributed by atoms with van der Waals surface area (Å²) in [6.07, 6.45) is 8.03. The molecule has 0 aromatic carbocycles. The Labute approximate surface area is 107 Å². The quantitative estimate of drug-likeness (QED) is 0.566. The van der Waals surface area contributed by atoms with Crippen LogP contribution in [0.3, 0.4) is 0 Å². The topological polar surface area (TPSA) is 51.4 Å². The van der Waals surface area contributed by atoms with Crippen LogP contribution in [0, 0.1) is 11.8 Å². The van der Waals surface area contributed by atoms with E-state index in [2.05, 4.69) is 0 Å². The molecule has 4 rings (SSSR count). The van der Waals surface area contributed by atoms with Gasteiger partial charge < -0.3 is 14.2 Å². The molecule has 18 heavy (non-hydrogen) atoms. The molecule has 0 aromatic rings. The molecule has 0 aromatic heterocycles. The zero-order valence-corrected chi connectivity index (χ0v) is 10.5. The molecule has 2 aliphatic carbocycles. The molecule has 2 heterocycles. The van der Waals surface area contributed by atoms with Crippen molar-refractivity contribution in [3.05, 3.63) is 0 Å². The monoisotopic (exact) mass is 252 g/mol. The second-order valence-corrected chi connectivity index (χ2v) is 6.25. The van der Waals surface area contributed by atoms with Gasteiger partial charge in [0.25, 0.3) is 0 Å². The summed E-state index contributed by atoms with van der Waals surface area (Å²) in [5.41, 5.74) is 0. The van der Waals surface area contributed by atoms with Crippen molar-refractivity contribution in [1.29, 1.82) is 0 Å². The molecular weight excluding hydrogens is 232 g/mol. The number of esters is 1. The van der Waals surface area contributed by atoms with Crippen LogP contribution in [-0.4, -0.2) is 37.0 Å². The van der Waals surface area contributed by atoms with Gasteiger partial charge in [0.2, 0.25) is 0 Å². The van der Waals surface area contributed by atoms with E-state index in [1.807, 2.05) is 0 Å². The molecule has 0 N–H and O–H groups in total. The second kappa shape index (κ2) is 4.20. The van der Waals surface area contributed by atoms with Crippen LogP contribution in [-0.2, 0) is 19.0 Å². The van der Waals surface area contributed by atoms with Gasteiger partial charge in [0.05, 0.1) is 36.9 Å². The summed E-state index contributed by atoms with van der Waals surface area (Å²) in [6, 6.07) is 0. The fraction of sp³-hybridized carbons (Fsp3) is 0.929. The fourth-order valence-corrected chi connectivity index (χ4v) is 3.57. The van der Waals surface area contributed by atoms with Gasteiger partial charge in [0, 0.05) is 0 Å². The lowest BCUT2D eigenvalue weighted by Gasteiger charge is -2.21. The van der Waals surface area contributed by atoms with Crippen LogP contribution in [0.5, 0.6) is 0 Å². The van der Waals surface area contributed by atoms with Crippen LogP contribution in [0.15, 0.2) is 0 Å². The van der Waals surface area contributed by atoms with Crippen molar-refractivity contribution in [3.63, 3.8) is 0 Å². The van der Waals surface area contributed by atoms with Crippen LogP contribution in [0.25, 0.3) is 0 Å². The number of carbonyl (C=O) groups excluding carboxylic acids is 1. The van der Waals surface area contributed by atoms with Gasteiger partial charge in [-0.2, -0.15) is 0 Å². The number of ether oxygens (including phenoxy) is 3. The van der Waals surface area contributed by atoms with Gasteiger partial charge in [-0.3, -0.25) is 4.79 Å². The first kappa shape index (κ1) is 11.2. The minimum Gasteiger partial charge on any atom is -0.465 e. The van der Waals surface area contributed by atoms with Crippen molar-refractivity contribution >= 4 is 5.97 Å². The predicted octanol–water partition coefficient (Wildman–Crippen LogP) is 1.66. The highest BCUT2D eigenvalue weighted by Crippen LogP contribution is 2.41. The van der Waals surface area contributed by atoms with Crippen LogP contribution in [0.2, 0.25) is 0 Å². The Morgan fingerprint density at radius 1 is 0.944 bits per heavy atom. The van der Waals surface area contributed by atoms with Gasteiger partial charge in [0.1, 0.15) is 0 Å². The summed E-state index contributed by atoms with van der Waals surface area (Å²) in [5, 5.41) is 0. The maximum Gasteiger partial charge on any atom is 0.309 e. The Hall–Kier alpha value is -0.610. The Morgan fingerprint density at radius 3 is 2.39 bits per heavy atom. The first-order valence-electron chi connectivity index (χ1n) is 7.27. The van der Waals surface area contributed by atoms with E-state index >= 15 is 0 Å². The molecule has 0 spiro atoms. The van der Waals surface area contributed by atoms with Crippen LogP contribution < -0.4 is 0 Å². The van der Waals surface area contributed by atoms with Crippen molar-refractivity contribution in [2.75, 3.05) is 6.61 Å². The molecule has 6 atom stereocenters. The van der Waals surface area contributed by atoms with Gasteiger partial charge in [-0.15, -0.1) is 0 Å². The number of carbonyl (C=O) groups is 1. The van der Waals surface area contributed by atoms with Gasteiger partial charge in [-0.05, 0) is 44.4 Å². The van der Waals surface area contributed by atoms with Gasteiger partial charge in [-0.1, -0.05) is 0 Å². The molecule has 4 heteroatoms. The molecular formula is C14H20O4. The van der Waals surface area contributed by atoms with E-state index in [1.165, 1.54) is 0 Å². The Bertz CT molecular complexity index is 356. The standard InChI is InChI=1S/C14H20O4/c15-14(9-2-4-11-13(6-9)18-11)16-7-8-1-3-10-12(5-8)17-10/h8-13H,1-7H2/t8-,9+,10-,11-,12-,13+/m1/s1. The van der Waals surface area contributed by atoms with Crippen LogP contribution >= 0.6 is 0 Å². The maximum absolute atomic E-state index is 12.0. The van der Waals surface area contributed by atoms with E-state index in [0.29, 0.717) is 36.9 Å². The number of rotatable bonds is 3. The van der Waals surface area contributed by atoms with Crippen LogP contribution in [0.4, 0.5) is 0 Å². The highest BCUT2D eigenvalue weighted by atomic mass is 16.6. The van der Waals surface area contributed by atoms with Crippen molar-refractivity contribution in [3.8, 4) is 0 Å². The molecule has 0 bridgehead atoms. The zero-order valence-electron chi connectivity index (χ0n) is 10.5. The Balaban J connectivity index is 1.23. The summed E-state index contributed by atoms with van der Waals surface area (Å²) in [5.74, 6) is 0.608. The molecule has 4 aliphatic rings. The molecule has 100 valence electrons. The summed E-state index contributed by atoms with van der Waals surface area (Å²) >= 11 is 0. The average molecular weight is 252 g/mol. The predicted molar refractivity (Wildman–Crippen MR) is 63.0 cm³/mol. The lowest BCUT2D eigenvalue weighted by atomic mass is 9.89. The zero-order chi connectivity index (χ0) is 12.1. The number of epoxide rings is 2. The van der Waals surface area contributed by atoms with Gasteiger partial charge >= 0.3 is 5.97 Å². The van der Waals surface area contributed by atoms with Gasteiger partial charge in [0.15, 0.2) is 0 Å². The number of hydrogen-bond acceptors (Lipinski definition) is 4. The lowest BCUT2D eigenvalue weighted by molar-refractivity contribution is -0.151. The fourth-order valence-electron chi connectivity index (χ4n) is 3.57. The minimum atomic E-state index is 0.00258. The summed E-state index contributed by atoms with van der Waals surface area (Å²) in [4.78, 5) is 12.0. The average Bonchev–Trinajstić information content (AvgIpc) is 3.26. The summed E-state index contributed by atoms with van der Waals surface area (Å²) < 4.78 is 16.4. The third kappa shape index (κ3) is 2.16. The van der Waals surface area contributed by atoms with E-state index in [0.717, 1.165) is 38.5 Å². The maximum atomic E-state index is 12.0. The largest absolute Gasteiger partial charge is 0.465 e. The minimum absolute atomic E-state index is 0.00258. The lowest BCUT2D eigenvalue weighted by Crippen LogP contribution is -2.27. The SMILES string of the molecule is O=C(OC[C@@H]1CC[C@H]2O[C@@H]2C1)[C@H]1CC[C@H]2O[C@H]2C1. The smallest absolute Gasteiger partial charge is 0.309 e. The number of fused-ring (bicyclic) bond motifs is 2. The van der Waals surface area contributed by atoms with Crippen molar-refractivity contribution in [1.82, 2.24) is 0 Å². The Kier molecular flexibility index (Phi) is 2.62. The van der Waals surface area contributed by atoms with Gasteiger partial charge in [-0.25, -0.2) is 0 Å². The molecule has 4 nitrogen and oxygen atoms in total. The van der Waals surface area contributed by atoms with Crippen molar-refractivity contribution in [2.24, 2.45) is 11.8 Å². The van der Waals surface area contributed by atoms with Crippen molar-refractivity contribution < 1.29 is 19.0 Å². The van der Waals surface area contributed by atoms with E-state index < -0.39 is 0 Å². The normalized spacial score (nSPS) is 48.9. The molecule has 2 saturated carbocycles. The summed E-state index contributed by atoms with van der Waals surface area (Å²) in [6.45, 7) is 0.594. The first-order valence-corrected chi connectivity index (χ1v) is 7.27. The third-order valence-electron chi connectivity index (χ3n) is 4.91. The number of hydrogen-bond donors (Lipinski definition) is 0. The third-order valence-corrected chi connectivity index (χ3v) is 4.91. The molecule has 2 saturated heterocycles. The highest BCUT2D eigenvalue weighted by Gasteiger charge is 2.47. The molecule has 4 fully saturated rings. The highest BCUT2D eigenvalue weighted by molar-refractivity contribution is 5.72. The summed E-state index contributed by atoms with van der Waals surface area (Å²) in [7, 11) is 0. The van der Waals surface area contributed by atoms with E-state index in [1.54, 1.807) is 0 Å². The van der Waals surface area contributed by atoms with Crippen LogP contribution in [0.1, 0.15) is 38.5 Å². The van der Waals surface area contributed by atoms with Crippen molar-refractivity contribution in [2.45, 2.75) is 62.9 Å². The molecule has 0 unspecified atom stereocenters. The van der Waals surface area contributed by atoms with E-state index in [9.17, 15) is 4.79 Å². The molecule has 0 radical (unpaired) electrons. The molecule has 2 aliphatic heterocycles. The second-order valence-electron chi connectivity index (χ2n) is 6.25. The van der Waals surface area contributed by atoms with E-state index in [-0.39, 0.29) is 11.9 Å².